The van der Waals surface area contributed by atoms with E-state index in [1.165, 1.54) is 0 Å². The topological polar surface area (TPSA) is 87.4 Å². The van der Waals surface area contributed by atoms with Crippen LogP contribution in [0.3, 0.4) is 0 Å². The fourth-order valence-electron chi connectivity index (χ4n) is 1.48. The Morgan fingerprint density at radius 1 is 1.57 bits per heavy atom. The van der Waals surface area contributed by atoms with Gasteiger partial charge < -0.3 is 10.6 Å². The summed E-state index contributed by atoms with van der Waals surface area (Å²) in [6.45, 7) is 2.54. The van der Waals surface area contributed by atoms with E-state index in [4.69, 9.17) is 5.73 Å². The van der Waals surface area contributed by atoms with Crippen molar-refractivity contribution in [3.63, 3.8) is 0 Å². The monoisotopic (exact) mass is 193 g/mol. The van der Waals surface area contributed by atoms with Gasteiger partial charge in [-0.15, -0.1) is 0 Å². The molecule has 0 radical (unpaired) electrons. The minimum absolute atomic E-state index is 0.121. The maximum absolute atomic E-state index is 11.5. The van der Waals surface area contributed by atoms with Crippen LogP contribution in [0.2, 0.25) is 0 Å². The first-order chi connectivity index (χ1) is 6.58. The molecule has 14 heavy (non-hydrogen) atoms. The zero-order valence-electron chi connectivity index (χ0n) is 8.03. The van der Waals surface area contributed by atoms with Crippen LogP contribution in [0.4, 0.5) is 17.5 Å². The Hall–Kier alpha value is -1.85. The smallest absolute Gasteiger partial charge is 0.280 e. The highest BCUT2D eigenvalue weighted by molar-refractivity contribution is 5.93. The van der Waals surface area contributed by atoms with E-state index in [1.54, 1.807) is 0 Å². The van der Waals surface area contributed by atoms with Gasteiger partial charge in [0.05, 0.1) is 6.54 Å². The molecule has 0 unspecified atom stereocenters. The van der Waals surface area contributed by atoms with Crippen molar-refractivity contribution in [3.8, 4) is 0 Å². The van der Waals surface area contributed by atoms with Gasteiger partial charge in [-0.25, -0.2) is 4.99 Å². The Balaban J connectivity index is 2.72. The number of fused-ring (bicyclic) bond motifs is 1. The molecule has 2 heterocycles. The quantitative estimate of drug-likeness (QED) is 0.602. The third-order valence-corrected chi connectivity index (χ3v) is 2.03. The summed E-state index contributed by atoms with van der Waals surface area (Å²) >= 11 is 0. The lowest BCUT2D eigenvalue weighted by atomic mass is 10.3. The molecule has 6 heteroatoms. The molecule has 0 aromatic carbocycles. The van der Waals surface area contributed by atoms with E-state index < -0.39 is 0 Å². The molecule has 1 aliphatic heterocycles. The van der Waals surface area contributed by atoms with Crippen LogP contribution in [0.1, 0.15) is 6.92 Å². The van der Waals surface area contributed by atoms with Crippen LogP contribution < -0.4 is 16.2 Å². The second-order valence-electron chi connectivity index (χ2n) is 3.33. The van der Waals surface area contributed by atoms with Crippen LogP contribution in [-0.2, 0) is 0 Å². The van der Waals surface area contributed by atoms with E-state index in [1.807, 2.05) is 18.9 Å². The molecule has 0 saturated heterocycles. The van der Waals surface area contributed by atoms with Gasteiger partial charge in [0, 0.05) is 12.8 Å². The Kier molecular flexibility index (Phi) is 1.77. The van der Waals surface area contributed by atoms with Gasteiger partial charge >= 0.3 is 0 Å². The lowest BCUT2D eigenvalue weighted by molar-refractivity contribution is 0.963. The standard InChI is InChI=1S/C8H11N5O/c1-4-3-13(2)6-5(10-4)7(14)12-8(9)11-6/h3H2,1-2H3,(H3,9,11,12,14). The summed E-state index contributed by atoms with van der Waals surface area (Å²) in [6, 6.07) is 0. The lowest BCUT2D eigenvalue weighted by Crippen LogP contribution is -2.30. The molecular weight excluding hydrogens is 182 g/mol. The summed E-state index contributed by atoms with van der Waals surface area (Å²) in [5, 5.41) is 0. The van der Waals surface area contributed by atoms with Gasteiger partial charge in [-0.1, -0.05) is 0 Å². The summed E-state index contributed by atoms with van der Waals surface area (Å²) in [4.78, 5) is 23.9. The molecule has 0 amide bonds. The van der Waals surface area contributed by atoms with E-state index >= 15 is 0 Å². The molecule has 1 aromatic heterocycles. The van der Waals surface area contributed by atoms with E-state index in [0.29, 0.717) is 18.1 Å². The van der Waals surface area contributed by atoms with Crippen LogP contribution in [-0.4, -0.2) is 29.3 Å². The van der Waals surface area contributed by atoms with Crippen molar-refractivity contribution in [3.05, 3.63) is 10.4 Å². The van der Waals surface area contributed by atoms with Crippen molar-refractivity contribution < 1.29 is 0 Å². The highest BCUT2D eigenvalue weighted by atomic mass is 16.1. The van der Waals surface area contributed by atoms with Crippen molar-refractivity contribution >= 4 is 23.2 Å². The first kappa shape index (κ1) is 8.74. The molecule has 0 aliphatic carbocycles. The van der Waals surface area contributed by atoms with Gasteiger partial charge in [0.25, 0.3) is 5.56 Å². The number of aromatic amines is 1. The maximum Gasteiger partial charge on any atom is 0.280 e. The second kappa shape index (κ2) is 2.83. The Morgan fingerprint density at radius 2 is 2.29 bits per heavy atom. The number of H-pyrrole nitrogens is 1. The van der Waals surface area contributed by atoms with Crippen molar-refractivity contribution in [2.45, 2.75) is 6.92 Å². The van der Waals surface area contributed by atoms with Crippen LogP contribution in [0, 0.1) is 0 Å². The van der Waals surface area contributed by atoms with Crippen molar-refractivity contribution in [1.29, 1.82) is 0 Å². The summed E-state index contributed by atoms with van der Waals surface area (Å²) in [6.07, 6.45) is 0. The number of nitrogens with two attached hydrogens (primary N) is 1. The van der Waals surface area contributed by atoms with Crippen LogP contribution in [0.25, 0.3) is 0 Å². The summed E-state index contributed by atoms with van der Waals surface area (Å²) in [5.74, 6) is 0.659. The SMILES string of the molecule is CC1=Nc2c(nc(N)[nH]c2=O)N(C)C1. The van der Waals surface area contributed by atoms with E-state index in [-0.39, 0.29) is 11.5 Å². The molecule has 0 spiro atoms. The largest absolute Gasteiger partial charge is 0.369 e. The highest BCUT2D eigenvalue weighted by Gasteiger charge is 2.18. The Bertz CT molecular complexity index is 461. The van der Waals surface area contributed by atoms with Gasteiger partial charge in [-0.3, -0.25) is 9.78 Å². The number of nitrogen functional groups attached to an aromatic ring is 1. The molecule has 1 aromatic rings. The molecular formula is C8H11N5O. The van der Waals surface area contributed by atoms with E-state index in [0.717, 1.165) is 5.71 Å². The molecule has 0 bridgehead atoms. The molecule has 0 atom stereocenters. The maximum atomic E-state index is 11.5. The van der Waals surface area contributed by atoms with Gasteiger partial charge in [0.2, 0.25) is 5.95 Å². The number of hydrogen-bond acceptors (Lipinski definition) is 5. The number of rotatable bonds is 0. The first-order valence-electron chi connectivity index (χ1n) is 4.23. The number of aliphatic imine (C=N–C) groups is 1. The predicted octanol–water partition coefficient (Wildman–Crippen LogP) is -0.106. The number of hydrogen-bond donors (Lipinski definition) is 2. The Labute approximate surface area is 80.5 Å². The number of nitrogens with zero attached hydrogens (tertiary/aromatic N) is 3. The summed E-state index contributed by atoms with van der Waals surface area (Å²) in [7, 11) is 1.85. The van der Waals surface area contributed by atoms with Crippen molar-refractivity contribution in [2.24, 2.45) is 4.99 Å². The second-order valence-corrected chi connectivity index (χ2v) is 3.33. The fraction of sp³-hybridized carbons (Fsp3) is 0.375. The molecule has 1 aliphatic rings. The summed E-state index contributed by atoms with van der Waals surface area (Å²) < 4.78 is 0. The third kappa shape index (κ3) is 1.24. The number of aromatic nitrogens is 2. The summed E-state index contributed by atoms with van der Waals surface area (Å²) in [5.41, 5.74) is 6.37. The molecule has 0 fully saturated rings. The van der Waals surface area contributed by atoms with Crippen LogP contribution in [0.5, 0.6) is 0 Å². The number of anilines is 2. The molecule has 6 nitrogen and oxygen atoms in total. The minimum atomic E-state index is -0.293. The molecule has 2 rings (SSSR count). The van der Waals surface area contributed by atoms with Crippen LogP contribution >= 0.6 is 0 Å². The first-order valence-corrected chi connectivity index (χ1v) is 4.23. The van der Waals surface area contributed by atoms with Crippen molar-refractivity contribution in [2.75, 3.05) is 24.2 Å². The van der Waals surface area contributed by atoms with Crippen LogP contribution in [0.15, 0.2) is 9.79 Å². The average molecular weight is 193 g/mol. The molecule has 3 N–H and O–H groups in total. The Morgan fingerprint density at radius 3 is 3.00 bits per heavy atom. The predicted molar refractivity (Wildman–Crippen MR) is 55.3 cm³/mol. The zero-order valence-corrected chi connectivity index (χ0v) is 8.03. The molecule has 0 saturated carbocycles. The zero-order chi connectivity index (χ0) is 10.3. The normalized spacial score (nSPS) is 15.0. The van der Waals surface area contributed by atoms with E-state index in [9.17, 15) is 4.79 Å². The highest BCUT2D eigenvalue weighted by Crippen LogP contribution is 2.24. The average Bonchev–Trinajstić information content (AvgIpc) is 2.07. The van der Waals surface area contributed by atoms with Gasteiger partial charge in [0.1, 0.15) is 0 Å². The molecule has 74 valence electrons. The van der Waals surface area contributed by atoms with Gasteiger partial charge in [0.15, 0.2) is 11.5 Å². The van der Waals surface area contributed by atoms with Crippen molar-refractivity contribution in [1.82, 2.24) is 9.97 Å². The third-order valence-electron chi connectivity index (χ3n) is 2.03. The minimum Gasteiger partial charge on any atom is -0.369 e. The lowest BCUT2D eigenvalue weighted by Gasteiger charge is -2.23. The van der Waals surface area contributed by atoms with E-state index in [2.05, 4.69) is 15.0 Å². The van der Waals surface area contributed by atoms with Gasteiger partial charge in [-0.2, -0.15) is 4.98 Å². The fourth-order valence-corrected chi connectivity index (χ4v) is 1.48. The number of nitrogens with one attached hydrogen (secondary N) is 1. The van der Waals surface area contributed by atoms with Gasteiger partial charge in [-0.05, 0) is 6.92 Å².